The Labute approximate surface area is 632 Å². The molecule has 7 nitrogen and oxygen atoms in total. The summed E-state index contributed by atoms with van der Waals surface area (Å²) >= 11 is 1.77. The van der Waals surface area contributed by atoms with Crippen LogP contribution in [0.2, 0.25) is 0 Å². The van der Waals surface area contributed by atoms with Crippen molar-refractivity contribution < 1.29 is 0 Å². The lowest BCUT2D eigenvalue weighted by Crippen LogP contribution is -2.14. The second-order valence-corrected chi connectivity index (χ2v) is 34.8. The van der Waals surface area contributed by atoms with Gasteiger partial charge in [-0.3, -0.25) is 24.6 Å². The van der Waals surface area contributed by atoms with Gasteiger partial charge in [-0.15, -0.1) is 11.3 Å². The number of hydrogen-bond acceptors (Lipinski definition) is 7. The van der Waals surface area contributed by atoms with Gasteiger partial charge in [0, 0.05) is 70.1 Å². The Hall–Kier alpha value is -6.12. The molecule has 1 saturated carbocycles. The molecule has 1 aliphatic carbocycles. The Bertz CT molecular complexity index is 3490. The van der Waals surface area contributed by atoms with Crippen LogP contribution in [0.3, 0.4) is 0 Å². The number of rotatable bonds is 16. The summed E-state index contributed by atoms with van der Waals surface area (Å²) in [4.78, 5) is 23.7. The zero-order chi connectivity index (χ0) is 78.0. The van der Waals surface area contributed by atoms with E-state index in [-0.39, 0.29) is 5.41 Å². The number of nitrogens with zero attached hydrogens (tertiary/aromatic N) is 7. The topological polar surface area (TPSA) is 82.3 Å². The first-order valence-corrected chi connectivity index (χ1v) is 40.4. The fourth-order valence-electron chi connectivity index (χ4n) is 14.0. The maximum Gasteiger partial charge on any atom is 0.0797 e. The fourth-order valence-corrected chi connectivity index (χ4v) is 15.0. The van der Waals surface area contributed by atoms with Crippen LogP contribution in [0.5, 0.6) is 0 Å². The Morgan fingerprint density at radius 1 is 0.382 bits per heavy atom. The molecule has 102 heavy (non-hydrogen) atoms. The SMILES string of the molecule is CC(C)c1ccccc1C(C)(C)C.CC(C)c1ccnc(C(C)C)c1C(C)C.CC(C)c1ncsc1C(C)C.CCc1nccc(C)c1C(C)C.Cc1cccc(C(C)C)c1C(C)C.Cc1ccnc(C(C)C)c1C(C)C.Cc1ccnc(C2CC2)c1C(C)C.Cc1cnn(C(C)C)c1C(C)C. The zero-order valence-electron chi connectivity index (χ0n) is 72.1. The first-order chi connectivity index (χ1) is 47.5. The van der Waals surface area contributed by atoms with E-state index in [0.29, 0.717) is 83.0 Å². The average molecular weight is 1410 g/mol. The van der Waals surface area contributed by atoms with E-state index < -0.39 is 0 Å². The minimum absolute atomic E-state index is 0.265. The van der Waals surface area contributed by atoms with E-state index in [4.69, 9.17) is 0 Å². The van der Waals surface area contributed by atoms with Gasteiger partial charge in [-0.05, 0) is 252 Å². The van der Waals surface area contributed by atoms with Crippen LogP contribution in [-0.2, 0) is 11.8 Å². The first kappa shape index (κ1) is 92.0. The molecule has 0 radical (unpaired) electrons. The van der Waals surface area contributed by atoms with Crippen LogP contribution in [0.1, 0.15) is 440 Å². The highest BCUT2D eigenvalue weighted by molar-refractivity contribution is 7.09. The van der Waals surface area contributed by atoms with Crippen LogP contribution in [-0.4, -0.2) is 34.7 Å². The molecule has 9 rings (SSSR count). The number of thiazole rings is 1. The van der Waals surface area contributed by atoms with Crippen LogP contribution in [0.15, 0.2) is 103 Å². The summed E-state index contributed by atoms with van der Waals surface area (Å²) in [6, 6.07) is 24.3. The van der Waals surface area contributed by atoms with E-state index in [2.05, 4.69) is 358 Å². The standard InChI is InChI=1S/C14H23N.2C13H20.C12H17N.C12H19N.C11H17N.C10H18N2.C9H15NS/c1-9(2)12-7-8-15-14(11(5)6)13(12)10(3)4;1-10(2)11-8-6-7-9-12(11)13(3,4)5;1-9(2)12-8-6-7-11(5)13(12)10(3)4;1-8(2)11-9(3)6-7-13-12(11)10-4-5-10;1-8(2)11-10(5)6-7-13-12(11)9(3)4;1-5-10-11(8(2)3)9(4)6-7-12-10;1-7(2)10-9(5)6-11-12(10)8(3)4;1-6(2)8-9(7(3)4)11-5-10-8/h7-11H,1-6H3;2*6-10H,1-5H3;6-8,10H,4-5H2,1-3H3;6-9H,1-5H3;6-8H,5H2,1-4H3;6-8H,1-5H3;5-7H,1-4H3. The van der Waals surface area contributed by atoms with Crippen molar-refractivity contribution in [3.8, 4) is 0 Å². The van der Waals surface area contributed by atoms with Gasteiger partial charge in [-0.25, -0.2) is 4.98 Å². The van der Waals surface area contributed by atoms with Crippen molar-refractivity contribution in [2.75, 3.05) is 0 Å². The van der Waals surface area contributed by atoms with Crippen molar-refractivity contribution in [3.05, 3.63) is 220 Å². The first-order valence-electron chi connectivity index (χ1n) is 39.5. The van der Waals surface area contributed by atoms with Gasteiger partial charge in [0.1, 0.15) is 0 Å². The van der Waals surface area contributed by atoms with E-state index in [1.165, 1.54) is 130 Å². The molecule has 0 bridgehead atoms. The van der Waals surface area contributed by atoms with Crippen molar-refractivity contribution in [3.63, 3.8) is 0 Å². The highest BCUT2D eigenvalue weighted by Crippen LogP contribution is 2.43. The van der Waals surface area contributed by atoms with Crippen LogP contribution < -0.4 is 0 Å². The number of pyridine rings is 4. The normalized spacial score (nSPS) is 12.1. The third-order valence-corrected chi connectivity index (χ3v) is 20.0. The van der Waals surface area contributed by atoms with Crippen LogP contribution in [0.25, 0.3) is 0 Å². The van der Waals surface area contributed by atoms with E-state index in [1.807, 2.05) is 36.5 Å². The van der Waals surface area contributed by atoms with E-state index >= 15 is 0 Å². The molecule has 0 spiro atoms. The summed E-state index contributed by atoms with van der Waals surface area (Å²) in [6.45, 7) is 82.3. The molecule has 0 amide bonds. The Kier molecular flexibility index (Phi) is 39.7. The molecule has 6 heterocycles. The van der Waals surface area contributed by atoms with Crippen molar-refractivity contribution in [1.82, 2.24) is 34.7 Å². The smallest absolute Gasteiger partial charge is 0.0797 e. The van der Waals surface area contributed by atoms with Gasteiger partial charge in [-0.1, -0.05) is 250 Å². The molecule has 8 heteroatoms. The minimum Gasteiger partial charge on any atom is -0.267 e. The van der Waals surface area contributed by atoms with Gasteiger partial charge in [0.15, 0.2) is 0 Å². The molecule has 0 aliphatic heterocycles. The molecule has 1 aliphatic rings. The molecular weight excluding hydrogens is 1260 g/mol. The van der Waals surface area contributed by atoms with Crippen LogP contribution >= 0.6 is 11.3 Å². The highest BCUT2D eigenvalue weighted by atomic mass is 32.1. The van der Waals surface area contributed by atoms with Gasteiger partial charge in [0.25, 0.3) is 0 Å². The largest absolute Gasteiger partial charge is 0.267 e. The molecule has 0 unspecified atom stereocenters. The van der Waals surface area contributed by atoms with Gasteiger partial charge >= 0.3 is 0 Å². The number of aromatic nitrogens is 7. The molecule has 0 N–H and O–H groups in total. The van der Waals surface area contributed by atoms with Gasteiger partial charge < -0.3 is 0 Å². The lowest BCUT2D eigenvalue weighted by molar-refractivity contribution is 0.497. The number of hydrogen-bond donors (Lipinski definition) is 0. The monoisotopic (exact) mass is 1410 g/mol. The fraction of sp³-hybridized carbons (Fsp3) is 0.596. The molecule has 566 valence electrons. The van der Waals surface area contributed by atoms with Gasteiger partial charge in [-0.2, -0.15) is 5.10 Å². The second-order valence-electron chi connectivity index (χ2n) is 33.9. The van der Waals surface area contributed by atoms with Crippen molar-refractivity contribution in [2.24, 2.45) is 0 Å². The molecule has 1 fully saturated rings. The second kappa shape index (κ2) is 44.0. The third kappa shape index (κ3) is 28.4. The van der Waals surface area contributed by atoms with Gasteiger partial charge in [0.05, 0.1) is 17.4 Å². The summed E-state index contributed by atoms with van der Waals surface area (Å²) in [5.74, 6) is 8.40. The number of aryl methyl sites for hydroxylation is 6. The molecule has 0 saturated heterocycles. The maximum absolute atomic E-state index is 4.54. The number of benzene rings is 2. The van der Waals surface area contributed by atoms with Crippen molar-refractivity contribution >= 4 is 11.3 Å². The summed E-state index contributed by atoms with van der Waals surface area (Å²) in [7, 11) is 0. The minimum atomic E-state index is 0.265. The van der Waals surface area contributed by atoms with E-state index in [9.17, 15) is 0 Å². The summed E-state index contributed by atoms with van der Waals surface area (Å²) in [6.07, 6.45) is 13.4. The van der Waals surface area contributed by atoms with Gasteiger partial charge in [0.2, 0.25) is 0 Å². The van der Waals surface area contributed by atoms with E-state index in [1.54, 1.807) is 11.3 Å². The molecule has 2 aromatic carbocycles. The Morgan fingerprint density at radius 2 is 0.804 bits per heavy atom. The lowest BCUT2D eigenvalue weighted by atomic mass is 9.81. The average Bonchev–Trinajstić information content (AvgIpc) is 1.37. The van der Waals surface area contributed by atoms with Crippen LogP contribution in [0, 0.1) is 34.6 Å². The highest BCUT2D eigenvalue weighted by Gasteiger charge is 2.29. The Morgan fingerprint density at radius 3 is 1.18 bits per heavy atom. The molecular formula is C94H149N7S. The van der Waals surface area contributed by atoms with Crippen molar-refractivity contribution in [1.29, 1.82) is 0 Å². The lowest BCUT2D eigenvalue weighted by Gasteiger charge is -2.24. The summed E-state index contributed by atoms with van der Waals surface area (Å²) in [5, 5.41) is 4.35. The Balaban J connectivity index is 0.000000397. The summed E-state index contributed by atoms with van der Waals surface area (Å²) < 4.78 is 2.11. The van der Waals surface area contributed by atoms with E-state index in [0.717, 1.165) is 12.3 Å². The molecule has 6 aromatic heterocycles. The third-order valence-electron chi connectivity index (χ3n) is 18.9. The molecule has 8 aromatic rings. The predicted molar refractivity (Wildman–Crippen MR) is 451 cm³/mol. The van der Waals surface area contributed by atoms with Crippen LogP contribution in [0.4, 0.5) is 0 Å². The molecule has 0 atom stereocenters. The summed E-state index contributed by atoms with van der Waals surface area (Å²) in [5.41, 5.74) is 30.2. The quantitative estimate of drug-likeness (QED) is 0.0959. The zero-order valence-corrected chi connectivity index (χ0v) is 73.0. The predicted octanol–water partition coefficient (Wildman–Crippen LogP) is 29.2. The maximum atomic E-state index is 4.54. The van der Waals surface area contributed by atoms with Crippen molar-refractivity contribution in [2.45, 2.75) is 370 Å².